The van der Waals surface area contributed by atoms with Crippen molar-refractivity contribution in [1.82, 2.24) is 0 Å². The second-order valence-corrected chi connectivity index (χ2v) is 5.41. The lowest BCUT2D eigenvalue weighted by molar-refractivity contribution is 0.673. The molecule has 0 unspecified atom stereocenters. The van der Waals surface area contributed by atoms with Crippen molar-refractivity contribution in [2.45, 2.75) is 6.92 Å². The summed E-state index contributed by atoms with van der Waals surface area (Å²) in [7, 11) is 0. The summed E-state index contributed by atoms with van der Waals surface area (Å²) in [5, 5.41) is 2.46. The number of thiophene rings is 1. The molecule has 0 fully saturated rings. The molecule has 4 rings (SSSR count). The van der Waals surface area contributed by atoms with Gasteiger partial charge in [-0.05, 0) is 31.2 Å². The van der Waals surface area contributed by atoms with Crippen LogP contribution >= 0.6 is 11.3 Å². The first-order valence-electron chi connectivity index (χ1n) is 5.63. The van der Waals surface area contributed by atoms with Crippen LogP contribution in [-0.4, -0.2) is 0 Å². The fraction of sp³-hybridized carbons (Fsp3) is 0.0667. The maximum Gasteiger partial charge on any atom is 0.154 e. The highest BCUT2D eigenvalue weighted by atomic mass is 32.1. The van der Waals surface area contributed by atoms with E-state index in [2.05, 4.69) is 49.4 Å². The second kappa shape index (κ2) is 3.11. The minimum atomic E-state index is 0.989. The molecule has 2 heteroatoms. The van der Waals surface area contributed by atoms with Gasteiger partial charge in [0.25, 0.3) is 0 Å². The van der Waals surface area contributed by atoms with Crippen LogP contribution in [0.2, 0.25) is 0 Å². The standard InChI is InChI=1S/C15H10OS/c1-9-6-7-12-11(8-9)15-14(16-12)10-4-2-3-5-13(10)17-15/h2-8H,1H3. The van der Waals surface area contributed by atoms with Crippen LogP contribution < -0.4 is 0 Å². The van der Waals surface area contributed by atoms with Crippen LogP contribution in [-0.2, 0) is 0 Å². The van der Waals surface area contributed by atoms with Crippen molar-refractivity contribution in [2.75, 3.05) is 0 Å². The highest BCUT2D eigenvalue weighted by molar-refractivity contribution is 7.26. The third kappa shape index (κ3) is 1.19. The minimum Gasteiger partial charge on any atom is -0.454 e. The Balaban J connectivity index is 2.30. The van der Waals surface area contributed by atoms with Gasteiger partial charge in [0.05, 0.1) is 4.70 Å². The molecule has 2 aromatic carbocycles. The largest absolute Gasteiger partial charge is 0.454 e. The Bertz CT molecular complexity index is 851. The zero-order chi connectivity index (χ0) is 11.4. The third-order valence-corrected chi connectivity index (χ3v) is 4.33. The van der Waals surface area contributed by atoms with Gasteiger partial charge in [-0.2, -0.15) is 0 Å². The van der Waals surface area contributed by atoms with E-state index in [9.17, 15) is 0 Å². The summed E-state index contributed by atoms with van der Waals surface area (Å²) in [6.45, 7) is 2.12. The number of furan rings is 1. The van der Waals surface area contributed by atoms with Crippen molar-refractivity contribution in [3.05, 3.63) is 48.0 Å². The molecule has 0 amide bonds. The first-order valence-corrected chi connectivity index (χ1v) is 6.45. The molecule has 1 nitrogen and oxygen atoms in total. The van der Waals surface area contributed by atoms with Crippen molar-refractivity contribution >= 4 is 42.7 Å². The van der Waals surface area contributed by atoms with E-state index in [1.807, 2.05) is 11.3 Å². The van der Waals surface area contributed by atoms with Crippen molar-refractivity contribution in [1.29, 1.82) is 0 Å². The molecule has 0 aliphatic rings. The predicted octanol–water partition coefficient (Wildman–Crippen LogP) is 5.11. The smallest absolute Gasteiger partial charge is 0.154 e. The Morgan fingerprint density at radius 2 is 1.88 bits per heavy atom. The first kappa shape index (κ1) is 9.25. The first-order chi connectivity index (χ1) is 8.33. The average molecular weight is 238 g/mol. The van der Waals surface area contributed by atoms with Crippen molar-refractivity contribution < 1.29 is 4.42 Å². The van der Waals surface area contributed by atoms with Crippen LogP contribution in [0.15, 0.2) is 46.9 Å². The Morgan fingerprint density at radius 1 is 1.00 bits per heavy atom. The van der Waals surface area contributed by atoms with Gasteiger partial charge in [-0.3, -0.25) is 0 Å². The Kier molecular flexibility index (Phi) is 1.69. The molecule has 0 N–H and O–H groups in total. The molecule has 0 atom stereocenters. The van der Waals surface area contributed by atoms with E-state index in [1.54, 1.807) is 0 Å². The van der Waals surface area contributed by atoms with Gasteiger partial charge in [0, 0.05) is 15.5 Å². The van der Waals surface area contributed by atoms with Crippen LogP contribution in [0.5, 0.6) is 0 Å². The Morgan fingerprint density at radius 3 is 2.82 bits per heavy atom. The molecule has 2 aromatic heterocycles. The van der Waals surface area contributed by atoms with E-state index in [1.165, 1.54) is 25.7 Å². The number of rotatable bonds is 0. The molecule has 0 aliphatic carbocycles. The maximum atomic E-state index is 5.97. The summed E-state index contributed by atoms with van der Waals surface area (Å²) in [6.07, 6.45) is 0. The number of aryl methyl sites for hydroxylation is 1. The van der Waals surface area contributed by atoms with Crippen LogP contribution in [0, 0.1) is 6.92 Å². The molecular formula is C15H10OS. The molecule has 2 heterocycles. The normalized spacial score (nSPS) is 11.8. The zero-order valence-electron chi connectivity index (χ0n) is 9.36. The summed E-state index contributed by atoms with van der Waals surface area (Å²) >= 11 is 1.81. The van der Waals surface area contributed by atoms with Crippen LogP contribution in [0.25, 0.3) is 31.3 Å². The van der Waals surface area contributed by atoms with Crippen molar-refractivity contribution in [3.63, 3.8) is 0 Å². The Hall–Kier alpha value is -1.80. The fourth-order valence-corrected chi connectivity index (χ4v) is 3.47. The number of hydrogen-bond acceptors (Lipinski definition) is 2. The summed E-state index contributed by atoms with van der Waals surface area (Å²) in [5.41, 5.74) is 3.30. The van der Waals surface area contributed by atoms with E-state index < -0.39 is 0 Å². The fourth-order valence-electron chi connectivity index (χ4n) is 2.32. The highest BCUT2D eigenvalue weighted by Gasteiger charge is 2.12. The van der Waals surface area contributed by atoms with Crippen molar-refractivity contribution in [3.8, 4) is 0 Å². The van der Waals surface area contributed by atoms with E-state index in [4.69, 9.17) is 4.42 Å². The molecule has 0 aliphatic heterocycles. The van der Waals surface area contributed by atoms with Gasteiger partial charge in [0.1, 0.15) is 5.58 Å². The summed E-state index contributed by atoms with van der Waals surface area (Å²) < 4.78 is 8.54. The van der Waals surface area contributed by atoms with Crippen LogP contribution in [0.1, 0.15) is 5.56 Å². The topological polar surface area (TPSA) is 13.1 Å². The highest BCUT2D eigenvalue weighted by Crippen LogP contribution is 2.40. The summed E-state index contributed by atoms with van der Waals surface area (Å²) in [4.78, 5) is 0. The van der Waals surface area contributed by atoms with E-state index in [0.29, 0.717) is 0 Å². The molecule has 0 saturated carbocycles. The monoisotopic (exact) mass is 238 g/mol. The molecule has 17 heavy (non-hydrogen) atoms. The molecule has 82 valence electrons. The van der Waals surface area contributed by atoms with Crippen LogP contribution in [0.4, 0.5) is 0 Å². The van der Waals surface area contributed by atoms with Gasteiger partial charge in [0.2, 0.25) is 0 Å². The van der Waals surface area contributed by atoms with Gasteiger partial charge < -0.3 is 4.42 Å². The SMILES string of the molecule is Cc1ccc2oc3c4ccccc4sc3c2c1. The quantitative estimate of drug-likeness (QED) is 0.415. The van der Waals surface area contributed by atoms with E-state index >= 15 is 0 Å². The molecule has 0 saturated heterocycles. The van der Waals surface area contributed by atoms with E-state index in [-0.39, 0.29) is 0 Å². The van der Waals surface area contributed by atoms with Gasteiger partial charge in [-0.15, -0.1) is 11.3 Å². The van der Waals surface area contributed by atoms with Gasteiger partial charge in [-0.25, -0.2) is 0 Å². The van der Waals surface area contributed by atoms with E-state index in [0.717, 1.165) is 11.2 Å². The second-order valence-electron chi connectivity index (χ2n) is 4.36. The Labute approximate surface area is 102 Å². The maximum absolute atomic E-state index is 5.97. The number of hydrogen-bond donors (Lipinski definition) is 0. The predicted molar refractivity (Wildman–Crippen MR) is 73.8 cm³/mol. The molecule has 0 spiro atoms. The number of benzene rings is 2. The minimum absolute atomic E-state index is 0.989. The van der Waals surface area contributed by atoms with Gasteiger partial charge >= 0.3 is 0 Å². The zero-order valence-corrected chi connectivity index (χ0v) is 10.2. The van der Waals surface area contributed by atoms with Gasteiger partial charge in [0.15, 0.2) is 5.58 Å². The summed E-state index contributed by atoms with van der Waals surface area (Å²) in [6, 6.07) is 14.8. The molecule has 0 radical (unpaired) electrons. The molecule has 0 bridgehead atoms. The molecular weight excluding hydrogens is 228 g/mol. The lowest BCUT2D eigenvalue weighted by Crippen LogP contribution is -1.68. The lowest BCUT2D eigenvalue weighted by atomic mass is 10.2. The van der Waals surface area contributed by atoms with Crippen molar-refractivity contribution in [2.24, 2.45) is 0 Å². The average Bonchev–Trinajstić information content (AvgIpc) is 2.85. The third-order valence-electron chi connectivity index (χ3n) is 3.14. The van der Waals surface area contributed by atoms with Crippen LogP contribution in [0.3, 0.4) is 0 Å². The lowest BCUT2D eigenvalue weighted by Gasteiger charge is -1.91. The summed E-state index contributed by atoms with van der Waals surface area (Å²) in [5.74, 6) is 0. The molecule has 4 aromatic rings. The van der Waals surface area contributed by atoms with Gasteiger partial charge in [-0.1, -0.05) is 23.8 Å². The number of fused-ring (bicyclic) bond motifs is 5.